The first-order valence-electron chi connectivity index (χ1n) is 7.36. The molecule has 0 saturated carbocycles. The number of nitrogens with one attached hydrogen (secondary N) is 2. The molecule has 0 radical (unpaired) electrons. The highest BCUT2D eigenvalue weighted by molar-refractivity contribution is 5.47. The number of nitrogens with zero attached hydrogens (tertiary/aromatic N) is 2. The Morgan fingerprint density at radius 3 is 2.45 bits per heavy atom. The molecule has 0 bridgehead atoms. The monoisotopic (exact) mass is 280 g/mol. The lowest BCUT2D eigenvalue weighted by atomic mass is 9.96. The number of anilines is 2. The maximum absolute atomic E-state index is 5.46. The molecule has 5 heteroatoms. The van der Waals surface area contributed by atoms with Gasteiger partial charge in [-0.05, 0) is 12.8 Å². The average molecular weight is 280 g/mol. The van der Waals surface area contributed by atoms with Crippen LogP contribution in [0.3, 0.4) is 0 Å². The number of ether oxygens (including phenoxy) is 1. The lowest BCUT2D eigenvalue weighted by Gasteiger charge is -2.18. The van der Waals surface area contributed by atoms with Crippen LogP contribution in [0.1, 0.15) is 46.4 Å². The number of rotatable bonds is 8. The second-order valence-corrected chi connectivity index (χ2v) is 5.85. The predicted molar refractivity (Wildman–Crippen MR) is 84.5 cm³/mol. The minimum absolute atomic E-state index is 0.0620. The van der Waals surface area contributed by atoms with Crippen LogP contribution in [0.25, 0.3) is 0 Å². The van der Waals surface area contributed by atoms with E-state index in [1.54, 1.807) is 0 Å². The Hall–Kier alpha value is -1.36. The van der Waals surface area contributed by atoms with Gasteiger partial charge in [-0.2, -0.15) is 0 Å². The summed E-state index contributed by atoms with van der Waals surface area (Å²) in [5, 5.41) is 6.42. The highest BCUT2D eigenvalue weighted by atomic mass is 16.5. The van der Waals surface area contributed by atoms with Crippen molar-refractivity contribution in [2.24, 2.45) is 0 Å². The molecule has 20 heavy (non-hydrogen) atoms. The van der Waals surface area contributed by atoms with E-state index >= 15 is 0 Å². The summed E-state index contributed by atoms with van der Waals surface area (Å²) < 4.78 is 5.46. The molecule has 114 valence electrons. The summed E-state index contributed by atoms with van der Waals surface area (Å²) in [6.07, 6.45) is 2.05. The summed E-state index contributed by atoms with van der Waals surface area (Å²) >= 11 is 0. The molecule has 2 N–H and O–H groups in total. The molecule has 0 unspecified atom stereocenters. The number of hydrogen-bond acceptors (Lipinski definition) is 5. The van der Waals surface area contributed by atoms with E-state index in [-0.39, 0.29) is 5.41 Å². The summed E-state index contributed by atoms with van der Waals surface area (Å²) in [6, 6.07) is 1.93. The smallest absolute Gasteiger partial charge is 0.138 e. The molecule has 0 saturated heterocycles. The van der Waals surface area contributed by atoms with Gasteiger partial charge in [-0.15, -0.1) is 0 Å². The molecule has 1 heterocycles. The van der Waals surface area contributed by atoms with Crippen LogP contribution in [0.15, 0.2) is 6.07 Å². The summed E-state index contributed by atoms with van der Waals surface area (Å²) in [5.74, 6) is 2.55. The van der Waals surface area contributed by atoms with E-state index in [0.29, 0.717) is 0 Å². The number of hydrogen-bond donors (Lipinski definition) is 2. The van der Waals surface area contributed by atoms with E-state index in [0.717, 1.165) is 50.1 Å². The van der Waals surface area contributed by atoms with Crippen molar-refractivity contribution >= 4 is 11.6 Å². The summed E-state index contributed by atoms with van der Waals surface area (Å²) in [7, 11) is 1.87. The third-order valence-electron chi connectivity index (χ3n) is 2.77. The van der Waals surface area contributed by atoms with Crippen molar-refractivity contribution in [2.75, 3.05) is 37.4 Å². The van der Waals surface area contributed by atoms with Crippen LogP contribution in [-0.2, 0) is 10.2 Å². The van der Waals surface area contributed by atoms with Crippen molar-refractivity contribution in [2.45, 2.75) is 46.0 Å². The van der Waals surface area contributed by atoms with Crippen LogP contribution in [0.2, 0.25) is 0 Å². The van der Waals surface area contributed by atoms with Crippen molar-refractivity contribution in [3.63, 3.8) is 0 Å². The maximum Gasteiger partial charge on any atom is 0.138 e. The molecule has 0 aromatic carbocycles. The van der Waals surface area contributed by atoms with E-state index in [1.165, 1.54) is 0 Å². The van der Waals surface area contributed by atoms with Crippen LogP contribution in [0.4, 0.5) is 11.6 Å². The highest BCUT2D eigenvalue weighted by Gasteiger charge is 2.18. The van der Waals surface area contributed by atoms with Gasteiger partial charge in [-0.3, -0.25) is 0 Å². The van der Waals surface area contributed by atoms with Gasteiger partial charge in [0, 0.05) is 38.3 Å². The van der Waals surface area contributed by atoms with Gasteiger partial charge in [0.1, 0.15) is 17.5 Å². The molecule has 0 aliphatic carbocycles. The molecule has 0 aliphatic heterocycles. The van der Waals surface area contributed by atoms with Crippen molar-refractivity contribution in [3.05, 3.63) is 11.9 Å². The van der Waals surface area contributed by atoms with Crippen LogP contribution in [0, 0.1) is 0 Å². The van der Waals surface area contributed by atoms with E-state index in [2.05, 4.69) is 48.3 Å². The van der Waals surface area contributed by atoms with E-state index in [1.807, 2.05) is 13.1 Å². The molecule has 0 aliphatic rings. The zero-order chi connectivity index (χ0) is 15.0. The van der Waals surface area contributed by atoms with E-state index in [9.17, 15) is 0 Å². The average Bonchev–Trinajstić information content (AvgIpc) is 2.41. The van der Waals surface area contributed by atoms with Crippen LogP contribution in [0.5, 0.6) is 0 Å². The molecule has 1 aromatic rings. The minimum Gasteiger partial charge on any atom is -0.381 e. The van der Waals surface area contributed by atoms with Gasteiger partial charge in [0.25, 0.3) is 0 Å². The van der Waals surface area contributed by atoms with Gasteiger partial charge < -0.3 is 15.4 Å². The molecule has 0 spiro atoms. The molecule has 0 amide bonds. The van der Waals surface area contributed by atoms with E-state index in [4.69, 9.17) is 4.74 Å². The second kappa shape index (κ2) is 8.04. The molecular formula is C15H28N4O. The van der Waals surface area contributed by atoms with Crippen molar-refractivity contribution in [1.82, 2.24) is 9.97 Å². The molecular weight excluding hydrogens is 252 g/mol. The second-order valence-electron chi connectivity index (χ2n) is 5.85. The Morgan fingerprint density at radius 2 is 1.85 bits per heavy atom. The zero-order valence-corrected chi connectivity index (χ0v) is 13.4. The fraction of sp³-hybridized carbons (Fsp3) is 0.733. The summed E-state index contributed by atoms with van der Waals surface area (Å²) in [5.41, 5.74) is -0.0620. The topological polar surface area (TPSA) is 59.1 Å². The first-order valence-corrected chi connectivity index (χ1v) is 7.36. The largest absolute Gasteiger partial charge is 0.381 e. The zero-order valence-electron chi connectivity index (χ0n) is 13.4. The Kier molecular flexibility index (Phi) is 6.71. The predicted octanol–water partition coefficient (Wildman–Crippen LogP) is 3.04. The van der Waals surface area contributed by atoms with Crippen molar-refractivity contribution in [3.8, 4) is 0 Å². The first-order chi connectivity index (χ1) is 9.47. The lowest BCUT2D eigenvalue weighted by Crippen LogP contribution is -2.18. The molecule has 1 rings (SSSR count). The minimum atomic E-state index is -0.0620. The maximum atomic E-state index is 5.46. The molecule has 0 atom stereocenters. The Bertz CT molecular complexity index is 401. The molecule has 0 fully saturated rings. The summed E-state index contributed by atoms with van der Waals surface area (Å²) in [4.78, 5) is 9.09. The van der Waals surface area contributed by atoms with Crippen LogP contribution < -0.4 is 10.6 Å². The molecule has 5 nitrogen and oxygen atoms in total. The first kappa shape index (κ1) is 16.7. The van der Waals surface area contributed by atoms with Crippen LogP contribution >= 0.6 is 0 Å². The standard InChI is InChI=1S/C15H28N4O/c1-6-9-20-10-7-8-17-13-11-12(16-5)18-14(19-13)15(2,3)4/h11H,6-10H2,1-5H3,(H2,16,17,18,19). The normalized spacial score (nSPS) is 11.4. The number of aromatic nitrogens is 2. The third-order valence-corrected chi connectivity index (χ3v) is 2.77. The third kappa shape index (κ3) is 5.74. The van der Waals surface area contributed by atoms with Crippen LogP contribution in [-0.4, -0.2) is 36.8 Å². The van der Waals surface area contributed by atoms with Crippen molar-refractivity contribution < 1.29 is 4.74 Å². The fourth-order valence-electron chi connectivity index (χ4n) is 1.64. The van der Waals surface area contributed by atoms with Gasteiger partial charge in [-0.25, -0.2) is 9.97 Å². The Labute approximate surface area is 122 Å². The Balaban J connectivity index is 2.56. The van der Waals surface area contributed by atoms with Gasteiger partial charge in [0.15, 0.2) is 0 Å². The SMILES string of the molecule is CCCOCCCNc1cc(NC)nc(C(C)(C)C)n1. The highest BCUT2D eigenvalue weighted by Crippen LogP contribution is 2.22. The van der Waals surface area contributed by atoms with E-state index < -0.39 is 0 Å². The van der Waals surface area contributed by atoms with Crippen molar-refractivity contribution in [1.29, 1.82) is 0 Å². The Morgan fingerprint density at radius 1 is 1.15 bits per heavy atom. The fourth-order valence-corrected chi connectivity index (χ4v) is 1.64. The van der Waals surface area contributed by atoms with Gasteiger partial charge in [0.05, 0.1) is 0 Å². The summed E-state index contributed by atoms with van der Waals surface area (Å²) in [6.45, 7) is 10.9. The van der Waals surface area contributed by atoms with Gasteiger partial charge in [-0.1, -0.05) is 27.7 Å². The lowest BCUT2D eigenvalue weighted by molar-refractivity contribution is 0.134. The van der Waals surface area contributed by atoms with Gasteiger partial charge in [0.2, 0.25) is 0 Å². The quantitative estimate of drug-likeness (QED) is 0.717. The molecule has 1 aromatic heterocycles. The van der Waals surface area contributed by atoms with Gasteiger partial charge >= 0.3 is 0 Å².